The zero-order valence-electron chi connectivity index (χ0n) is 21.0. The van der Waals surface area contributed by atoms with Crippen LogP contribution in [0.25, 0.3) is 11.1 Å². The first-order valence-corrected chi connectivity index (χ1v) is 11.9. The lowest BCUT2D eigenvalue weighted by Crippen LogP contribution is -2.26. The van der Waals surface area contributed by atoms with Crippen molar-refractivity contribution >= 4 is 34.8 Å². The number of benzene rings is 4. The van der Waals surface area contributed by atoms with Crippen LogP contribution in [0.15, 0.2) is 84.0 Å². The number of carboxylic acid groups (broad SMARTS) is 1. The van der Waals surface area contributed by atoms with Crippen LogP contribution >= 0.6 is 0 Å². The van der Waals surface area contributed by atoms with E-state index in [-0.39, 0.29) is 28.8 Å². The molecule has 4 aromatic rings. The minimum atomic E-state index is -1.45. The molecule has 0 radical (unpaired) electrons. The summed E-state index contributed by atoms with van der Waals surface area (Å²) in [7, 11) is 0. The van der Waals surface area contributed by atoms with E-state index in [4.69, 9.17) is 9.84 Å². The van der Waals surface area contributed by atoms with Crippen LogP contribution in [0.4, 0.5) is 21.9 Å². The van der Waals surface area contributed by atoms with Crippen molar-refractivity contribution in [3.05, 3.63) is 101 Å². The third kappa shape index (κ3) is 4.74. The van der Waals surface area contributed by atoms with Gasteiger partial charge in [-0.2, -0.15) is 10.4 Å². The van der Waals surface area contributed by atoms with Gasteiger partial charge in [-0.05, 0) is 79.1 Å². The largest absolute Gasteiger partial charge is 0.511 e. The van der Waals surface area contributed by atoms with E-state index in [0.717, 1.165) is 11.1 Å². The normalized spacial score (nSPS) is 13.2. The van der Waals surface area contributed by atoms with Gasteiger partial charge in [0.05, 0.1) is 23.0 Å². The van der Waals surface area contributed by atoms with Crippen LogP contribution in [0.1, 0.15) is 22.3 Å². The topological polar surface area (TPSA) is 135 Å². The second-order valence-corrected chi connectivity index (χ2v) is 8.92. The lowest BCUT2D eigenvalue weighted by molar-refractivity contribution is -0.111. The number of aryl methyl sites for hydroxylation is 2. The highest BCUT2D eigenvalue weighted by atomic mass is 16.7. The number of para-hydroxylation sites is 1. The Hall–Kier alpha value is -5.62. The fourth-order valence-corrected chi connectivity index (χ4v) is 4.36. The summed E-state index contributed by atoms with van der Waals surface area (Å²) in [5.41, 5.74) is 8.27. The van der Waals surface area contributed by atoms with E-state index in [2.05, 4.69) is 16.6 Å². The Morgan fingerprint density at radius 2 is 1.77 bits per heavy atom. The molecule has 0 spiro atoms. The summed E-state index contributed by atoms with van der Waals surface area (Å²) in [4.78, 5) is 26.1. The number of hydrogen-bond donors (Lipinski definition) is 3. The Morgan fingerprint density at radius 1 is 0.974 bits per heavy atom. The van der Waals surface area contributed by atoms with Crippen molar-refractivity contribution < 1.29 is 24.5 Å². The van der Waals surface area contributed by atoms with E-state index in [0.29, 0.717) is 33.6 Å². The molecule has 5 rings (SSSR count). The minimum absolute atomic E-state index is 0.0852. The third-order valence-electron chi connectivity index (χ3n) is 6.45. The fourth-order valence-electron chi connectivity index (χ4n) is 4.36. The van der Waals surface area contributed by atoms with Crippen LogP contribution in [-0.2, 0) is 4.79 Å². The summed E-state index contributed by atoms with van der Waals surface area (Å²) < 4.78 is 4.72. The third-order valence-corrected chi connectivity index (χ3v) is 6.45. The Balaban J connectivity index is 1.53. The lowest BCUT2D eigenvalue weighted by atomic mass is 10.0. The van der Waals surface area contributed by atoms with Gasteiger partial charge in [-0.25, -0.2) is 4.79 Å². The van der Waals surface area contributed by atoms with Crippen LogP contribution in [0.2, 0.25) is 0 Å². The Bertz CT molecular complexity index is 1720. The van der Waals surface area contributed by atoms with Gasteiger partial charge in [0.1, 0.15) is 11.5 Å². The molecule has 3 N–H and O–H groups in total. The molecule has 9 heteroatoms. The molecule has 0 unspecified atom stereocenters. The molecule has 1 aliphatic heterocycles. The van der Waals surface area contributed by atoms with Crippen molar-refractivity contribution in [3.8, 4) is 28.7 Å². The summed E-state index contributed by atoms with van der Waals surface area (Å²) >= 11 is 0. The number of hydrazone groups is 1. The minimum Gasteiger partial charge on any atom is -0.505 e. The first-order valence-electron chi connectivity index (χ1n) is 11.9. The molecule has 192 valence electrons. The number of amides is 1. The molecule has 0 aromatic heterocycles. The van der Waals surface area contributed by atoms with Gasteiger partial charge in [0.15, 0.2) is 5.71 Å². The molecule has 1 aliphatic rings. The van der Waals surface area contributed by atoms with E-state index in [1.165, 1.54) is 12.1 Å². The van der Waals surface area contributed by atoms with Crippen molar-refractivity contribution in [1.29, 1.82) is 5.26 Å². The number of nitriles is 1. The summed E-state index contributed by atoms with van der Waals surface area (Å²) in [5, 5.41) is 33.7. The molecule has 0 saturated carbocycles. The Morgan fingerprint density at radius 3 is 2.51 bits per heavy atom. The van der Waals surface area contributed by atoms with Crippen molar-refractivity contribution in [3.63, 3.8) is 0 Å². The van der Waals surface area contributed by atoms with E-state index >= 15 is 0 Å². The predicted octanol–water partition coefficient (Wildman–Crippen LogP) is 6.10. The number of aromatic hydroxyl groups is 1. The number of rotatable bonds is 5. The summed E-state index contributed by atoms with van der Waals surface area (Å²) in [6.45, 7) is 3.96. The summed E-state index contributed by atoms with van der Waals surface area (Å²) in [6.07, 6.45) is -1.45. The summed E-state index contributed by atoms with van der Waals surface area (Å²) in [5.74, 6) is -0.437. The van der Waals surface area contributed by atoms with Gasteiger partial charge in [0, 0.05) is 16.8 Å². The maximum atomic E-state index is 13.6. The molecule has 1 heterocycles. The second-order valence-electron chi connectivity index (χ2n) is 8.92. The zero-order chi connectivity index (χ0) is 27.7. The highest BCUT2D eigenvalue weighted by Crippen LogP contribution is 2.39. The van der Waals surface area contributed by atoms with Crippen LogP contribution < -0.4 is 15.1 Å². The summed E-state index contributed by atoms with van der Waals surface area (Å²) in [6, 6.07) is 24.0. The molecule has 0 aliphatic carbocycles. The number of nitrogens with zero attached hydrogens (tertiary/aromatic N) is 3. The van der Waals surface area contributed by atoms with E-state index in [1.807, 2.05) is 32.0 Å². The number of phenols is 1. The molecule has 4 aromatic carbocycles. The lowest BCUT2D eigenvalue weighted by Gasteiger charge is -2.18. The zero-order valence-corrected chi connectivity index (χ0v) is 21.0. The van der Waals surface area contributed by atoms with Gasteiger partial charge in [-0.3, -0.25) is 15.1 Å². The number of phenolic OH excluding ortho intramolecular Hbond substituents is 1. The van der Waals surface area contributed by atoms with E-state index in [1.54, 1.807) is 53.4 Å². The molecule has 0 atom stereocenters. The van der Waals surface area contributed by atoms with Crippen molar-refractivity contribution in [2.24, 2.45) is 5.10 Å². The number of hydrogen-bond acceptors (Lipinski definition) is 7. The number of anilines is 3. The Labute approximate surface area is 223 Å². The molecule has 0 saturated heterocycles. The van der Waals surface area contributed by atoms with Crippen molar-refractivity contribution in [1.82, 2.24) is 0 Å². The van der Waals surface area contributed by atoms with Crippen LogP contribution in [-0.4, -0.2) is 28.0 Å². The maximum absolute atomic E-state index is 13.6. The standard InChI is InChI=1S/C30H22N4O5/c1-17-9-11-21(13-18(17)2)34-26-12-10-19(16-31)14-24(26)27(29(34)36)33-32-25-8-4-7-23(28(25)35)20-5-3-6-22(15-20)39-30(37)38/h3-15,32,35H,1-2H3,(H,37,38). The number of carbonyl (C=O) groups excluding carboxylic acids is 1. The molecule has 0 bridgehead atoms. The van der Waals surface area contributed by atoms with Gasteiger partial charge in [-0.15, -0.1) is 0 Å². The molecule has 9 nitrogen and oxygen atoms in total. The highest BCUT2D eigenvalue weighted by Gasteiger charge is 2.36. The average Bonchev–Trinajstić information content (AvgIpc) is 3.19. The molecule has 39 heavy (non-hydrogen) atoms. The van der Waals surface area contributed by atoms with Gasteiger partial charge >= 0.3 is 6.16 Å². The number of fused-ring (bicyclic) bond motifs is 1. The van der Waals surface area contributed by atoms with Gasteiger partial charge in [0.25, 0.3) is 5.91 Å². The monoisotopic (exact) mass is 518 g/mol. The molecular formula is C30H22N4O5. The van der Waals surface area contributed by atoms with Crippen molar-refractivity contribution in [2.45, 2.75) is 13.8 Å². The first kappa shape index (κ1) is 25.0. The number of nitrogens with one attached hydrogen (secondary N) is 1. The number of ether oxygens (including phenoxy) is 1. The molecular weight excluding hydrogens is 496 g/mol. The highest BCUT2D eigenvalue weighted by molar-refractivity contribution is 6.55. The van der Waals surface area contributed by atoms with Crippen molar-refractivity contribution in [2.75, 3.05) is 10.3 Å². The quantitative estimate of drug-likeness (QED) is 0.126. The first-order chi connectivity index (χ1) is 18.8. The molecule has 1 amide bonds. The van der Waals surface area contributed by atoms with Crippen LogP contribution in [0.3, 0.4) is 0 Å². The molecule has 0 fully saturated rings. The predicted molar refractivity (Wildman–Crippen MR) is 147 cm³/mol. The average molecular weight is 519 g/mol. The maximum Gasteiger partial charge on any atom is 0.511 e. The van der Waals surface area contributed by atoms with Gasteiger partial charge < -0.3 is 14.9 Å². The van der Waals surface area contributed by atoms with Gasteiger partial charge in [0.2, 0.25) is 0 Å². The van der Waals surface area contributed by atoms with Crippen LogP contribution in [0, 0.1) is 25.2 Å². The van der Waals surface area contributed by atoms with Gasteiger partial charge in [-0.1, -0.05) is 30.3 Å². The second kappa shape index (κ2) is 10.0. The SMILES string of the molecule is Cc1ccc(N2C(=O)C(=NNc3cccc(-c4cccc(OC(=O)O)c4)c3O)c3cc(C#N)ccc32)cc1C. The van der Waals surface area contributed by atoms with Crippen LogP contribution in [0.5, 0.6) is 11.5 Å². The fraction of sp³-hybridized carbons (Fsp3) is 0.0667. The van der Waals surface area contributed by atoms with E-state index < -0.39 is 6.16 Å². The Kier molecular flexibility index (Phi) is 6.44. The number of carbonyl (C=O) groups is 2. The smallest absolute Gasteiger partial charge is 0.505 e. The van der Waals surface area contributed by atoms with E-state index in [9.17, 15) is 20.0 Å².